The van der Waals surface area contributed by atoms with Crippen LogP contribution in [0, 0.1) is 0 Å². The Balaban J connectivity index is 1.94. The number of hydrogen-bond donors (Lipinski definition) is 1. The average Bonchev–Trinajstić information content (AvgIpc) is 2.84. The Labute approximate surface area is 116 Å². The van der Waals surface area contributed by atoms with E-state index in [-0.39, 0.29) is 0 Å². The van der Waals surface area contributed by atoms with E-state index in [9.17, 15) is 5.11 Å². The lowest BCUT2D eigenvalue weighted by atomic mass is 10.2. The van der Waals surface area contributed by atoms with Crippen LogP contribution >= 0.6 is 11.6 Å². The van der Waals surface area contributed by atoms with Gasteiger partial charge in [0.1, 0.15) is 11.9 Å². The SMILES string of the molecule is COCCOCCC(O)c1cc2cccc(Cl)c2o1. The van der Waals surface area contributed by atoms with Gasteiger partial charge in [0, 0.05) is 25.5 Å². The minimum Gasteiger partial charge on any atom is -0.457 e. The smallest absolute Gasteiger partial charge is 0.152 e. The molecule has 0 radical (unpaired) electrons. The summed E-state index contributed by atoms with van der Waals surface area (Å²) in [7, 11) is 1.62. The van der Waals surface area contributed by atoms with E-state index >= 15 is 0 Å². The van der Waals surface area contributed by atoms with Gasteiger partial charge in [-0.3, -0.25) is 0 Å². The highest BCUT2D eigenvalue weighted by atomic mass is 35.5. The number of aliphatic hydroxyl groups excluding tert-OH is 1. The summed E-state index contributed by atoms with van der Waals surface area (Å²) in [4.78, 5) is 0. The Bertz CT molecular complexity index is 523. The molecule has 0 aliphatic heterocycles. The number of halogens is 1. The van der Waals surface area contributed by atoms with E-state index in [0.717, 1.165) is 5.39 Å². The molecule has 2 aromatic rings. The van der Waals surface area contributed by atoms with Crippen molar-refractivity contribution in [1.82, 2.24) is 0 Å². The van der Waals surface area contributed by atoms with E-state index in [1.54, 1.807) is 19.2 Å². The van der Waals surface area contributed by atoms with Gasteiger partial charge in [-0.05, 0) is 12.1 Å². The van der Waals surface area contributed by atoms with Crippen molar-refractivity contribution in [3.63, 3.8) is 0 Å². The zero-order valence-electron chi connectivity index (χ0n) is 10.8. The van der Waals surface area contributed by atoms with E-state index < -0.39 is 6.10 Å². The maximum absolute atomic E-state index is 10.0. The number of hydrogen-bond acceptors (Lipinski definition) is 4. The Morgan fingerprint density at radius 3 is 2.89 bits per heavy atom. The van der Waals surface area contributed by atoms with Gasteiger partial charge in [0.05, 0.1) is 18.2 Å². The molecule has 0 saturated heterocycles. The van der Waals surface area contributed by atoms with Crippen LogP contribution in [-0.4, -0.2) is 32.0 Å². The molecule has 4 nitrogen and oxygen atoms in total. The molecule has 0 amide bonds. The first-order valence-electron chi connectivity index (χ1n) is 6.15. The van der Waals surface area contributed by atoms with E-state index in [0.29, 0.717) is 42.6 Å². The maximum Gasteiger partial charge on any atom is 0.152 e. The largest absolute Gasteiger partial charge is 0.457 e. The quantitative estimate of drug-likeness (QED) is 0.794. The van der Waals surface area contributed by atoms with Crippen LogP contribution in [0.3, 0.4) is 0 Å². The minimum absolute atomic E-state index is 0.454. The number of methoxy groups -OCH3 is 1. The topological polar surface area (TPSA) is 51.8 Å². The molecule has 0 fully saturated rings. The van der Waals surface area contributed by atoms with Crippen LogP contribution in [0.15, 0.2) is 28.7 Å². The lowest BCUT2D eigenvalue weighted by molar-refractivity contribution is 0.0430. The van der Waals surface area contributed by atoms with Gasteiger partial charge in [-0.15, -0.1) is 0 Å². The molecule has 19 heavy (non-hydrogen) atoms. The molecule has 0 saturated carbocycles. The van der Waals surface area contributed by atoms with E-state index in [2.05, 4.69) is 0 Å². The first-order valence-corrected chi connectivity index (χ1v) is 6.53. The normalized spacial score (nSPS) is 13.0. The number of benzene rings is 1. The number of rotatable bonds is 7. The first-order chi connectivity index (χ1) is 9.22. The highest BCUT2D eigenvalue weighted by molar-refractivity contribution is 6.34. The average molecular weight is 285 g/mol. The van der Waals surface area contributed by atoms with Crippen LogP contribution in [0.2, 0.25) is 5.02 Å². The summed E-state index contributed by atoms with van der Waals surface area (Å²) in [5.74, 6) is 0.512. The third-order valence-corrected chi connectivity index (χ3v) is 3.11. The van der Waals surface area contributed by atoms with Gasteiger partial charge in [0.25, 0.3) is 0 Å². The predicted molar refractivity (Wildman–Crippen MR) is 73.5 cm³/mol. The molecule has 1 unspecified atom stereocenters. The first kappa shape index (κ1) is 14.3. The fraction of sp³-hybridized carbons (Fsp3) is 0.429. The second-order valence-electron chi connectivity index (χ2n) is 4.22. The second kappa shape index (κ2) is 6.91. The molecule has 1 N–H and O–H groups in total. The monoisotopic (exact) mass is 284 g/mol. The van der Waals surface area contributed by atoms with Crippen molar-refractivity contribution in [2.75, 3.05) is 26.9 Å². The predicted octanol–water partition coefficient (Wildman–Crippen LogP) is 3.17. The van der Waals surface area contributed by atoms with Gasteiger partial charge in [0.15, 0.2) is 5.58 Å². The number of ether oxygens (including phenoxy) is 2. The van der Waals surface area contributed by atoms with Crippen LogP contribution < -0.4 is 0 Å². The van der Waals surface area contributed by atoms with Gasteiger partial charge in [-0.25, -0.2) is 0 Å². The third kappa shape index (κ3) is 3.70. The fourth-order valence-electron chi connectivity index (χ4n) is 1.79. The molecule has 5 heteroatoms. The van der Waals surface area contributed by atoms with Crippen molar-refractivity contribution >= 4 is 22.6 Å². The van der Waals surface area contributed by atoms with Gasteiger partial charge >= 0.3 is 0 Å². The summed E-state index contributed by atoms with van der Waals surface area (Å²) >= 11 is 6.02. The van der Waals surface area contributed by atoms with Gasteiger partial charge in [0.2, 0.25) is 0 Å². The van der Waals surface area contributed by atoms with Crippen molar-refractivity contribution in [2.45, 2.75) is 12.5 Å². The van der Waals surface area contributed by atoms with Crippen molar-refractivity contribution in [3.8, 4) is 0 Å². The number of fused-ring (bicyclic) bond motifs is 1. The molecule has 1 atom stereocenters. The van der Waals surface area contributed by atoms with E-state index in [4.69, 9.17) is 25.5 Å². The summed E-state index contributed by atoms with van der Waals surface area (Å²) in [6.45, 7) is 1.53. The lowest BCUT2D eigenvalue weighted by Crippen LogP contribution is -2.06. The molecular formula is C14H17ClO4. The minimum atomic E-state index is -0.689. The molecular weight excluding hydrogens is 268 g/mol. The Morgan fingerprint density at radius 1 is 1.32 bits per heavy atom. The molecule has 1 aromatic heterocycles. The molecule has 104 valence electrons. The Hall–Kier alpha value is -1.07. The molecule has 0 bridgehead atoms. The third-order valence-electron chi connectivity index (χ3n) is 2.81. The van der Waals surface area contributed by atoms with Crippen molar-refractivity contribution in [3.05, 3.63) is 35.0 Å². The van der Waals surface area contributed by atoms with Crippen molar-refractivity contribution in [2.24, 2.45) is 0 Å². The summed E-state index contributed by atoms with van der Waals surface area (Å²) < 4.78 is 15.8. The van der Waals surface area contributed by atoms with Crippen molar-refractivity contribution in [1.29, 1.82) is 0 Å². The zero-order chi connectivity index (χ0) is 13.7. The summed E-state index contributed by atoms with van der Waals surface area (Å²) in [6.07, 6.45) is -0.216. The van der Waals surface area contributed by atoms with E-state index in [1.807, 2.05) is 12.1 Å². The van der Waals surface area contributed by atoms with Crippen LogP contribution in [0.25, 0.3) is 11.0 Å². The number of para-hydroxylation sites is 1. The molecule has 1 aromatic carbocycles. The zero-order valence-corrected chi connectivity index (χ0v) is 11.5. The summed E-state index contributed by atoms with van der Waals surface area (Å²) in [6, 6.07) is 7.32. The highest BCUT2D eigenvalue weighted by Crippen LogP contribution is 2.30. The second-order valence-corrected chi connectivity index (χ2v) is 4.62. The number of furan rings is 1. The molecule has 0 spiro atoms. The van der Waals surface area contributed by atoms with Gasteiger partial charge in [-0.2, -0.15) is 0 Å². The van der Waals surface area contributed by atoms with E-state index in [1.165, 1.54) is 0 Å². The van der Waals surface area contributed by atoms with Crippen LogP contribution in [0.5, 0.6) is 0 Å². The lowest BCUT2D eigenvalue weighted by Gasteiger charge is -2.07. The molecule has 1 heterocycles. The van der Waals surface area contributed by atoms with Crippen LogP contribution in [-0.2, 0) is 9.47 Å². The van der Waals surface area contributed by atoms with Crippen molar-refractivity contribution < 1.29 is 19.0 Å². The van der Waals surface area contributed by atoms with Crippen LogP contribution in [0.1, 0.15) is 18.3 Å². The van der Waals surface area contributed by atoms with Crippen LogP contribution in [0.4, 0.5) is 0 Å². The number of aliphatic hydroxyl groups is 1. The fourth-order valence-corrected chi connectivity index (χ4v) is 2.01. The molecule has 0 aliphatic carbocycles. The standard InChI is InChI=1S/C14H17ClO4/c1-17-7-8-18-6-5-12(16)13-9-10-3-2-4-11(15)14(10)19-13/h2-4,9,12,16H,5-8H2,1H3. The molecule has 2 rings (SSSR count). The summed E-state index contributed by atoms with van der Waals surface area (Å²) in [5, 5.41) is 11.5. The Morgan fingerprint density at radius 2 is 2.16 bits per heavy atom. The summed E-state index contributed by atoms with van der Waals surface area (Å²) in [5.41, 5.74) is 0.610. The molecule has 0 aliphatic rings. The van der Waals surface area contributed by atoms with Gasteiger partial charge < -0.3 is 19.0 Å². The Kier molecular flexibility index (Phi) is 5.22. The maximum atomic E-state index is 10.0. The van der Waals surface area contributed by atoms with Gasteiger partial charge in [-0.1, -0.05) is 23.7 Å². The highest BCUT2D eigenvalue weighted by Gasteiger charge is 2.14.